The van der Waals surface area contributed by atoms with Crippen molar-refractivity contribution in [2.45, 2.75) is 26.7 Å². The standard InChI is InChI=1S/2C6H7.CH2.Zr/c2*1-6-4-2-3-5-6;;/h2*2,4H,3H2,1H3;1H2;/q2*-1;;+2. The molecule has 0 saturated carbocycles. The summed E-state index contributed by atoms with van der Waals surface area (Å²) in [5.41, 5.74) is 2.55. The molecular weight excluding hydrogens is 247 g/mol. The SMILES string of the molecule is CC1=[C-]CC=C1.CC1=[C-]CC=C1.[CH2]=[Zr+2]. The molecule has 0 aromatic rings. The van der Waals surface area contributed by atoms with Crippen LogP contribution in [0.4, 0.5) is 0 Å². The van der Waals surface area contributed by atoms with Crippen molar-refractivity contribution in [2.75, 3.05) is 0 Å². The molecule has 0 spiro atoms. The van der Waals surface area contributed by atoms with Crippen LogP contribution in [0.3, 0.4) is 0 Å². The van der Waals surface area contributed by atoms with E-state index < -0.39 is 0 Å². The summed E-state index contributed by atoms with van der Waals surface area (Å²) >= 11 is 1.30. The van der Waals surface area contributed by atoms with Crippen LogP contribution in [0.1, 0.15) is 26.7 Å². The van der Waals surface area contributed by atoms with Crippen molar-refractivity contribution in [2.24, 2.45) is 0 Å². The first-order valence-electron chi connectivity index (χ1n) is 4.62. The fourth-order valence-electron chi connectivity index (χ4n) is 1.03. The molecule has 0 unspecified atom stereocenters. The first-order chi connectivity index (χ1) is 6.79. The van der Waals surface area contributed by atoms with E-state index in [4.69, 9.17) is 0 Å². The van der Waals surface area contributed by atoms with Crippen LogP contribution < -0.4 is 0 Å². The van der Waals surface area contributed by atoms with E-state index in [1.54, 1.807) is 0 Å². The molecule has 0 radical (unpaired) electrons. The molecule has 0 N–H and O–H groups in total. The molecule has 2 aliphatic carbocycles. The quantitative estimate of drug-likeness (QED) is 0.588. The molecule has 2 aliphatic rings. The van der Waals surface area contributed by atoms with Crippen LogP contribution in [0.15, 0.2) is 35.5 Å². The van der Waals surface area contributed by atoms with E-state index in [-0.39, 0.29) is 0 Å². The Morgan fingerprint density at radius 1 is 1.00 bits per heavy atom. The molecule has 0 atom stereocenters. The second-order valence-corrected chi connectivity index (χ2v) is 2.93. The van der Waals surface area contributed by atoms with E-state index in [0.29, 0.717) is 0 Å². The Morgan fingerprint density at radius 3 is 1.43 bits per heavy atom. The molecule has 0 amide bonds. The monoisotopic (exact) mass is 262 g/mol. The Kier molecular flexibility index (Phi) is 9.09. The van der Waals surface area contributed by atoms with Crippen molar-refractivity contribution in [1.29, 1.82) is 0 Å². The van der Waals surface area contributed by atoms with E-state index in [0.717, 1.165) is 12.8 Å². The van der Waals surface area contributed by atoms with Gasteiger partial charge in [-0.25, -0.2) is 23.3 Å². The number of rotatable bonds is 0. The van der Waals surface area contributed by atoms with Gasteiger partial charge < -0.3 is 0 Å². The number of hydrogen-bond donors (Lipinski definition) is 0. The zero-order chi connectivity index (χ0) is 10.8. The van der Waals surface area contributed by atoms with Gasteiger partial charge in [0.2, 0.25) is 0 Å². The topological polar surface area (TPSA) is 0 Å². The van der Waals surface area contributed by atoms with Crippen LogP contribution in [0.2, 0.25) is 0 Å². The zero-order valence-corrected chi connectivity index (χ0v) is 11.4. The Morgan fingerprint density at radius 2 is 1.36 bits per heavy atom. The molecule has 0 aliphatic heterocycles. The third-order valence-electron chi connectivity index (χ3n) is 1.73. The van der Waals surface area contributed by atoms with Crippen LogP contribution in [0.5, 0.6) is 0 Å². The van der Waals surface area contributed by atoms with E-state index in [2.05, 4.69) is 54.5 Å². The summed E-state index contributed by atoms with van der Waals surface area (Å²) in [6, 6.07) is 0. The summed E-state index contributed by atoms with van der Waals surface area (Å²) in [6.45, 7) is 4.12. The molecule has 0 nitrogen and oxygen atoms in total. The van der Waals surface area contributed by atoms with E-state index in [1.807, 2.05) is 0 Å². The summed E-state index contributed by atoms with van der Waals surface area (Å²) in [5, 5.41) is 0. The van der Waals surface area contributed by atoms with E-state index >= 15 is 0 Å². The molecule has 72 valence electrons. The number of allylic oxidation sites excluding steroid dienone is 8. The molecule has 0 aromatic carbocycles. The molecule has 0 bridgehead atoms. The van der Waals surface area contributed by atoms with Crippen molar-refractivity contribution < 1.29 is 24.2 Å². The minimum absolute atomic E-state index is 1.02. The van der Waals surface area contributed by atoms with Gasteiger partial charge in [-0.2, -0.15) is 12.2 Å². The Bertz CT molecular complexity index is 233. The Hall–Kier alpha value is -0.287. The van der Waals surface area contributed by atoms with Gasteiger partial charge >= 0.3 is 28.4 Å². The molecule has 0 heterocycles. The molecular formula is C13H16Zr. The summed E-state index contributed by atoms with van der Waals surface area (Å²) in [4.78, 5) is 0. The second-order valence-electron chi connectivity index (χ2n) is 2.93. The normalized spacial score (nSPS) is 16.3. The van der Waals surface area contributed by atoms with Crippen LogP contribution in [-0.2, 0) is 24.2 Å². The summed E-state index contributed by atoms with van der Waals surface area (Å²) in [5.74, 6) is 0. The minimum atomic E-state index is 1.02. The first-order valence-corrected chi connectivity index (χ1v) is 6.36. The third kappa shape index (κ3) is 7.15. The zero-order valence-electron chi connectivity index (χ0n) is 8.93. The predicted molar refractivity (Wildman–Crippen MR) is 59.5 cm³/mol. The van der Waals surface area contributed by atoms with Crippen LogP contribution in [-0.4, -0.2) is 4.21 Å². The molecule has 14 heavy (non-hydrogen) atoms. The first kappa shape index (κ1) is 13.7. The van der Waals surface area contributed by atoms with Crippen LogP contribution in [0, 0.1) is 12.2 Å². The molecule has 0 fully saturated rings. The fraction of sp³-hybridized carbons (Fsp3) is 0.308. The third-order valence-corrected chi connectivity index (χ3v) is 1.73. The van der Waals surface area contributed by atoms with Crippen molar-refractivity contribution in [1.82, 2.24) is 0 Å². The average Bonchev–Trinajstić information content (AvgIpc) is 2.83. The second kappa shape index (κ2) is 9.28. The molecule has 1 heteroatoms. The Labute approximate surface area is 102 Å². The van der Waals surface area contributed by atoms with Gasteiger partial charge in [-0.1, -0.05) is 13.8 Å². The van der Waals surface area contributed by atoms with Gasteiger partial charge in [-0.3, -0.25) is 12.2 Å². The molecule has 2 rings (SSSR count). The maximum atomic E-state index is 3.34. The summed E-state index contributed by atoms with van der Waals surface area (Å²) in [6.07, 6.45) is 16.7. The fourth-order valence-corrected chi connectivity index (χ4v) is 1.03. The Balaban J connectivity index is 0.000000206. The van der Waals surface area contributed by atoms with E-state index in [9.17, 15) is 0 Å². The van der Waals surface area contributed by atoms with Crippen molar-refractivity contribution in [3.8, 4) is 0 Å². The molecule has 0 saturated heterocycles. The van der Waals surface area contributed by atoms with Gasteiger partial charge in [0.05, 0.1) is 0 Å². The predicted octanol–water partition coefficient (Wildman–Crippen LogP) is 3.36. The van der Waals surface area contributed by atoms with Crippen molar-refractivity contribution >= 4 is 4.21 Å². The van der Waals surface area contributed by atoms with Gasteiger partial charge in [0.25, 0.3) is 0 Å². The van der Waals surface area contributed by atoms with Gasteiger partial charge in [0, 0.05) is 0 Å². The van der Waals surface area contributed by atoms with Crippen LogP contribution in [0.25, 0.3) is 0 Å². The van der Waals surface area contributed by atoms with Gasteiger partial charge in [-0.05, 0) is 0 Å². The van der Waals surface area contributed by atoms with Crippen molar-refractivity contribution in [3.05, 3.63) is 47.6 Å². The van der Waals surface area contributed by atoms with Gasteiger partial charge in [0.15, 0.2) is 0 Å². The average molecular weight is 263 g/mol. The van der Waals surface area contributed by atoms with Crippen LogP contribution >= 0.6 is 0 Å². The maximum absolute atomic E-state index is 3.34. The summed E-state index contributed by atoms with van der Waals surface area (Å²) < 4.78 is 3.34. The van der Waals surface area contributed by atoms with E-state index in [1.165, 1.54) is 35.4 Å². The van der Waals surface area contributed by atoms with Gasteiger partial charge in [-0.15, -0.1) is 12.8 Å². The number of hydrogen-bond acceptors (Lipinski definition) is 0. The molecule has 0 aromatic heterocycles. The van der Waals surface area contributed by atoms with Gasteiger partial charge in [0.1, 0.15) is 0 Å². The van der Waals surface area contributed by atoms with Crippen molar-refractivity contribution in [3.63, 3.8) is 0 Å². The summed E-state index contributed by atoms with van der Waals surface area (Å²) in [7, 11) is 0.